The molecule has 5 aromatic rings. The number of nitrogens with one attached hydrogen (secondary N) is 2. The standard InChI is InChI=1S/C22H21O2P.C20H30N4O4S.C16H24N4O3S.C4H8O/c1-2-24-22(23)18-25(19-12-6-3-7-13-19,20-14-8-4-9-15-20)21-16-10-5-11-17-21;1-6-27-16(25)8-7-14-13-21-18(29-5)23-17(14)22-15-9-11-24(12-10-15)19(26)28-20(2,3)4;1-16(2,3)23-15(22)20-7-5-12(6-8-20)18-13-11(10-21)9-17-14(19-13)24-4;1-2-4-5-3-1/h3-18H,2H2,1H3;7-8,13,15H,6,9-12H2,1-5H3,(H,21,22,23);9-10,12H,5-8H2,1-4H3,(H,17,18,19);1-4H2/b;8-7+;;. The predicted molar refractivity (Wildman–Crippen MR) is 335 cm³/mol. The number of carbonyl (C=O) groups is 5. The van der Waals surface area contributed by atoms with Gasteiger partial charge in [-0.15, -0.1) is 0 Å². The lowest BCUT2D eigenvalue weighted by atomic mass is 10.1. The van der Waals surface area contributed by atoms with Gasteiger partial charge < -0.3 is 44.1 Å². The van der Waals surface area contributed by atoms with Gasteiger partial charge in [-0.1, -0.05) is 115 Å². The number of carbonyl (C=O) groups excluding carboxylic acids is 5. The van der Waals surface area contributed by atoms with Crippen LogP contribution in [0.15, 0.2) is 120 Å². The molecule has 3 aliphatic heterocycles. The highest BCUT2D eigenvalue weighted by atomic mass is 32.2. The third-order valence-electron chi connectivity index (χ3n) is 12.6. The van der Waals surface area contributed by atoms with Crippen LogP contribution in [0.4, 0.5) is 21.2 Å². The molecular formula is C62H83N8O10PS2. The number of piperidine rings is 2. The minimum absolute atomic E-state index is 0.159. The number of hydrogen-bond donors (Lipinski definition) is 2. The molecule has 21 heteroatoms. The van der Waals surface area contributed by atoms with Gasteiger partial charge in [-0.25, -0.2) is 39.1 Å². The van der Waals surface area contributed by atoms with Gasteiger partial charge >= 0.3 is 24.1 Å². The van der Waals surface area contributed by atoms with Crippen molar-refractivity contribution in [2.75, 3.05) is 75.8 Å². The molecule has 5 heterocycles. The van der Waals surface area contributed by atoms with Crippen molar-refractivity contribution in [1.82, 2.24) is 29.7 Å². The maximum Gasteiger partial charge on any atom is 0.410 e. The molecule has 0 spiro atoms. The Kier molecular flexibility index (Phi) is 27.6. The molecule has 0 radical (unpaired) electrons. The van der Waals surface area contributed by atoms with Crippen LogP contribution in [-0.2, 0) is 33.3 Å². The molecule has 0 bridgehead atoms. The molecule has 8 rings (SSSR count). The zero-order valence-corrected chi connectivity index (χ0v) is 52.2. The van der Waals surface area contributed by atoms with E-state index >= 15 is 0 Å². The fourth-order valence-electron chi connectivity index (χ4n) is 8.69. The fraction of sp³-hybridized carbons (Fsp3) is 0.452. The molecule has 448 valence electrons. The monoisotopic (exact) mass is 1190 g/mol. The highest BCUT2D eigenvalue weighted by Gasteiger charge is 2.30. The summed E-state index contributed by atoms with van der Waals surface area (Å²) in [6, 6.07) is 31.1. The number of likely N-dealkylation sites (tertiary alicyclic amines) is 2. The third-order valence-corrected chi connectivity index (χ3v) is 17.7. The summed E-state index contributed by atoms with van der Waals surface area (Å²) in [5.41, 5.74) is 0.176. The number of amides is 2. The Morgan fingerprint density at radius 3 is 1.35 bits per heavy atom. The molecule has 18 nitrogen and oxygen atoms in total. The Balaban J connectivity index is 0.000000219. The molecule has 2 amide bonds. The van der Waals surface area contributed by atoms with E-state index in [1.165, 1.54) is 48.6 Å². The molecule has 3 saturated heterocycles. The van der Waals surface area contributed by atoms with E-state index in [1.54, 1.807) is 34.8 Å². The molecule has 0 aliphatic carbocycles. The van der Waals surface area contributed by atoms with E-state index in [-0.39, 0.29) is 30.2 Å². The summed E-state index contributed by atoms with van der Waals surface area (Å²) in [7, 11) is 0. The Morgan fingerprint density at radius 1 is 0.614 bits per heavy atom. The maximum absolute atomic E-state index is 12.5. The van der Waals surface area contributed by atoms with E-state index in [4.69, 9.17) is 23.7 Å². The van der Waals surface area contributed by atoms with Crippen molar-refractivity contribution >= 4 is 100 Å². The average Bonchev–Trinajstić information content (AvgIpc) is 3.29. The average molecular weight is 1200 g/mol. The number of rotatable bonds is 15. The summed E-state index contributed by atoms with van der Waals surface area (Å²) in [4.78, 5) is 80.3. The zero-order chi connectivity index (χ0) is 60.3. The van der Waals surface area contributed by atoms with Crippen molar-refractivity contribution in [3.8, 4) is 0 Å². The number of aromatic nitrogens is 4. The van der Waals surface area contributed by atoms with Gasteiger partial charge in [-0.05, 0) is 135 Å². The normalized spacial score (nSPS) is 14.7. The van der Waals surface area contributed by atoms with Crippen LogP contribution < -0.4 is 26.5 Å². The molecule has 0 unspecified atom stereocenters. The van der Waals surface area contributed by atoms with Crippen LogP contribution in [0.2, 0.25) is 0 Å². The Morgan fingerprint density at radius 2 is 1.00 bits per heavy atom. The van der Waals surface area contributed by atoms with Crippen molar-refractivity contribution < 1.29 is 47.7 Å². The van der Waals surface area contributed by atoms with Gasteiger partial charge in [0.15, 0.2) is 16.6 Å². The Labute approximate surface area is 499 Å². The number of esters is 2. The summed E-state index contributed by atoms with van der Waals surface area (Å²) in [6.45, 7) is 17.7. The Hall–Kier alpha value is -6.73. The largest absolute Gasteiger partial charge is 0.463 e. The predicted octanol–water partition coefficient (Wildman–Crippen LogP) is 10.6. The van der Waals surface area contributed by atoms with Gasteiger partial charge in [-0.3, -0.25) is 4.79 Å². The van der Waals surface area contributed by atoms with Gasteiger partial charge in [0.05, 0.1) is 18.8 Å². The molecule has 0 saturated carbocycles. The molecule has 0 atom stereocenters. The molecule has 3 aromatic carbocycles. The first kappa shape index (κ1) is 67.1. The van der Waals surface area contributed by atoms with E-state index in [0.717, 1.165) is 61.1 Å². The summed E-state index contributed by atoms with van der Waals surface area (Å²) in [5.74, 6) is 2.35. The zero-order valence-electron chi connectivity index (χ0n) is 49.7. The summed E-state index contributed by atoms with van der Waals surface area (Å²) in [5, 5.41) is 11.4. The van der Waals surface area contributed by atoms with Crippen LogP contribution in [0.1, 0.15) is 110 Å². The van der Waals surface area contributed by atoms with E-state index in [2.05, 4.69) is 67.0 Å². The third kappa shape index (κ3) is 22.4. The van der Waals surface area contributed by atoms with Crippen molar-refractivity contribution in [3.63, 3.8) is 0 Å². The summed E-state index contributed by atoms with van der Waals surface area (Å²) in [6.07, 6.45) is 15.9. The van der Waals surface area contributed by atoms with E-state index in [0.29, 0.717) is 72.5 Å². The first-order chi connectivity index (χ1) is 39.8. The molecule has 2 aromatic heterocycles. The number of ether oxygens (including phenoxy) is 5. The lowest BCUT2D eigenvalue weighted by Crippen LogP contribution is -2.44. The minimum Gasteiger partial charge on any atom is -0.463 e. The Bertz CT molecular complexity index is 2800. The van der Waals surface area contributed by atoms with Crippen molar-refractivity contribution in [2.45, 2.75) is 128 Å². The smallest absolute Gasteiger partial charge is 0.410 e. The quantitative estimate of drug-likeness (QED) is 0.0190. The van der Waals surface area contributed by atoms with Crippen LogP contribution in [-0.4, -0.2) is 154 Å². The molecule has 2 N–H and O–H groups in total. The summed E-state index contributed by atoms with van der Waals surface area (Å²) >= 11 is 2.87. The highest BCUT2D eigenvalue weighted by molar-refractivity contribution is 7.98. The highest BCUT2D eigenvalue weighted by Crippen LogP contribution is 2.43. The van der Waals surface area contributed by atoms with Crippen LogP contribution >= 0.6 is 30.4 Å². The van der Waals surface area contributed by atoms with E-state index in [9.17, 15) is 24.0 Å². The van der Waals surface area contributed by atoms with Gasteiger partial charge in [0, 0.05) is 81.3 Å². The first-order valence-electron chi connectivity index (χ1n) is 28.1. The number of hydrogen-bond acceptors (Lipinski definition) is 18. The second kappa shape index (κ2) is 34.1. The number of aldehydes is 1. The van der Waals surface area contributed by atoms with Gasteiger partial charge in [0.1, 0.15) is 22.8 Å². The number of thioether (sulfide) groups is 2. The molecule has 3 aliphatic rings. The number of nitrogens with zero attached hydrogens (tertiary/aromatic N) is 6. The maximum atomic E-state index is 12.5. The van der Waals surface area contributed by atoms with Crippen LogP contribution in [0.25, 0.3) is 6.08 Å². The number of anilines is 2. The van der Waals surface area contributed by atoms with Crippen molar-refractivity contribution in [3.05, 3.63) is 121 Å². The van der Waals surface area contributed by atoms with Gasteiger partial charge in [0.25, 0.3) is 0 Å². The molecular weight excluding hydrogens is 1110 g/mol. The van der Waals surface area contributed by atoms with Crippen LogP contribution in [0.5, 0.6) is 0 Å². The number of benzene rings is 3. The molecule has 3 fully saturated rings. The van der Waals surface area contributed by atoms with Gasteiger partial charge in [0.2, 0.25) is 0 Å². The SMILES string of the molecule is C1CCOC1.CCOC(=O)/C=C/c1cnc(SC)nc1NC1CCN(C(=O)OC(C)(C)C)CC1.CCOC(=O)C=P(c1ccccc1)(c1ccccc1)c1ccccc1.CSc1ncc(C=O)c(NC2CCN(C(=O)OC(C)(C)C)CC2)n1. The van der Waals surface area contributed by atoms with Crippen molar-refractivity contribution in [2.24, 2.45) is 0 Å². The fourth-order valence-corrected chi connectivity index (χ4v) is 13.0. The first-order valence-corrected chi connectivity index (χ1v) is 32.4. The second-order valence-corrected chi connectivity index (χ2v) is 26.0. The summed E-state index contributed by atoms with van der Waals surface area (Å²) < 4.78 is 26.0. The van der Waals surface area contributed by atoms with E-state index < -0.39 is 24.1 Å². The van der Waals surface area contributed by atoms with Gasteiger partial charge in [-0.2, -0.15) is 0 Å². The van der Waals surface area contributed by atoms with E-state index in [1.807, 2.05) is 116 Å². The van der Waals surface area contributed by atoms with Crippen molar-refractivity contribution in [1.29, 1.82) is 0 Å². The topological polar surface area (TPSA) is 214 Å². The van der Waals surface area contributed by atoms with Crippen LogP contribution in [0, 0.1) is 0 Å². The lowest BCUT2D eigenvalue weighted by Gasteiger charge is -2.34. The van der Waals surface area contributed by atoms with Crippen LogP contribution in [0.3, 0.4) is 0 Å². The minimum atomic E-state index is -2.24. The molecule has 83 heavy (non-hydrogen) atoms. The second-order valence-electron chi connectivity index (χ2n) is 21.2. The lowest BCUT2D eigenvalue weighted by molar-refractivity contribution is -0.137.